The maximum atomic E-state index is 13.1. The van der Waals surface area contributed by atoms with Crippen LogP contribution in [-0.2, 0) is 17.8 Å². The summed E-state index contributed by atoms with van der Waals surface area (Å²) in [4.78, 5) is 24.1. The van der Waals surface area contributed by atoms with Crippen LogP contribution in [0.15, 0.2) is 65.8 Å². The summed E-state index contributed by atoms with van der Waals surface area (Å²) in [6, 6.07) is 19.9. The molecular formula is C23H25N3OS. The largest absolute Gasteiger partial charge is 0.308 e. The fourth-order valence-corrected chi connectivity index (χ4v) is 3.68. The van der Waals surface area contributed by atoms with E-state index in [0.717, 1.165) is 33.4 Å². The van der Waals surface area contributed by atoms with Gasteiger partial charge in [-0.3, -0.25) is 4.79 Å². The molecule has 0 saturated carbocycles. The van der Waals surface area contributed by atoms with Crippen LogP contribution in [0.4, 0.5) is 5.69 Å². The minimum Gasteiger partial charge on any atom is -0.308 e. The van der Waals surface area contributed by atoms with Crippen molar-refractivity contribution in [2.45, 2.75) is 38.4 Å². The standard InChI is InChI=1S/C23H25N3OS/c1-17-21(18(2)25-23(24-17)28-3)14-15-22(27)26(20-12-8-5-9-13-20)16-19-10-6-4-7-11-19/h4-13H,14-16H2,1-3H3. The topological polar surface area (TPSA) is 46.1 Å². The monoisotopic (exact) mass is 391 g/mol. The molecule has 0 atom stereocenters. The second-order valence-electron chi connectivity index (χ2n) is 6.66. The quantitative estimate of drug-likeness (QED) is 0.421. The highest BCUT2D eigenvalue weighted by molar-refractivity contribution is 7.98. The predicted octanol–water partition coefficient (Wildman–Crippen LogP) is 4.98. The highest BCUT2D eigenvalue weighted by Gasteiger charge is 2.18. The van der Waals surface area contributed by atoms with Gasteiger partial charge in [0, 0.05) is 23.5 Å². The third-order valence-corrected chi connectivity index (χ3v) is 5.27. The summed E-state index contributed by atoms with van der Waals surface area (Å²) in [7, 11) is 0. The number of aryl methyl sites for hydroxylation is 2. The average molecular weight is 392 g/mol. The number of benzene rings is 2. The lowest BCUT2D eigenvalue weighted by Crippen LogP contribution is -2.30. The van der Waals surface area contributed by atoms with Gasteiger partial charge in [-0.15, -0.1) is 0 Å². The zero-order valence-corrected chi connectivity index (χ0v) is 17.4. The van der Waals surface area contributed by atoms with Crippen LogP contribution in [0.1, 0.15) is 28.9 Å². The highest BCUT2D eigenvalue weighted by Crippen LogP contribution is 2.21. The Morgan fingerprint density at radius 3 is 2.07 bits per heavy atom. The Kier molecular flexibility index (Phi) is 6.82. The van der Waals surface area contributed by atoms with E-state index in [-0.39, 0.29) is 5.91 Å². The summed E-state index contributed by atoms with van der Waals surface area (Å²) in [6.07, 6.45) is 3.04. The Balaban J connectivity index is 1.78. The highest BCUT2D eigenvalue weighted by atomic mass is 32.2. The van der Waals surface area contributed by atoms with Crippen molar-refractivity contribution in [2.24, 2.45) is 0 Å². The van der Waals surface area contributed by atoms with Gasteiger partial charge in [-0.25, -0.2) is 9.97 Å². The molecule has 4 nitrogen and oxygen atoms in total. The predicted molar refractivity (Wildman–Crippen MR) is 116 cm³/mol. The van der Waals surface area contributed by atoms with Crippen molar-refractivity contribution in [2.75, 3.05) is 11.2 Å². The first-order valence-electron chi connectivity index (χ1n) is 9.36. The lowest BCUT2D eigenvalue weighted by molar-refractivity contribution is -0.118. The van der Waals surface area contributed by atoms with Gasteiger partial charge in [0.25, 0.3) is 0 Å². The van der Waals surface area contributed by atoms with Crippen LogP contribution in [0.3, 0.4) is 0 Å². The second-order valence-corrected chi connectivity index (χ2v) is 7.43. The zero-order chi connectivity index (χ0) is 19.9. The van der Waals surface area contributed by atoms with Gasteiger partial charge in [-0.05, 0) is 49.8 Å². The molecule has 0 spiro atoms. The van der Waals surface area contributed by atoms with Gasteiger partial charge >= 0.3 is 0 Å². The fourth-order valence-electron chi connectivity index (χ4n) is 3.23. The molecule has 2 aromatic carbocycles. The van der Waals surface area contributed by atoms with Crippen LogP contribution in [0.5, 0.6) is 0 Å². The molecule has 0 saturated heterocycles. The van der Waals surface area contributed by atoms with E-state index in [1.165, 1.54) is 11.8 Å². The molecule has 0 radical (unpaired) electrons. The van der Waals surface area contributed by atoms with Crippen molar-refractivity contribution < 1.29 is 4.79 Å². The Labute approximate surface area is 171 Å². The molecule has 0 aliphatic carbocycles. The third kappa shape index (κ3) is 4.98. The number of hydrogen-bond donors (Lipinski definition) is 0. The normalized spacial score (nSPS) is 10.7. The summed E-state index contributed by atoms with van der Waals surface area (Å²) >= 11 is 1.54. The molecule has 5 heteroatoms. The summed E-state index contributed by atoms with van der Waals surface area (Å²) in [5.74, 6) is 0.0998. The van der Waals surface area contributed by atoms with Crippen molar-refractivity contribution in [1.29, 1.82) is 0 Å². The molecule has 1 aromatic heterocycles. The van der Waals surface area contributed by atoms with Crippen LogP contribution in [-0.4, -0.2) is 22.1 Å². The van der Waals surface area contributed by atoms with Crippen LogP contribution in [0.25, 0.3) is 0 Å². The first-order valence-corrected chi connectivity index (χ1v) is 10.6. The molecule has 3 aromatic rings. The van der Waals surface area contributed by atoms with E-state index in [4.69, 9.17) is 0 Å². The molecule has 0 aliphatic rings. The maximum Gasteiger partial charge on any atom is 0.227 e. The van der Waals surface area contributed by atoms with Crippen LogP contribution in [0, 0.1) is 13.8 Å². The number of rotatable bonds is 7. The summed E-state index contributed by atoms with van der Waals surface area (Å²) < 4.78 is 0. The van der Waals surface area contributed by atoms with Crippen molar-refractivity contribution in [1.82, 2.24) is 9.97 Å². The minimum absolute atomic E-state index is 0.0998. The maximum absolute atomic E-state index is 13.1. The molecule has 28 heavy (non-hydrogen) atoms. The molecule has 0 aliphatic heterocycles. The number of aromatic nitrogens is 2. The van der Waals surface area contributed by atoms with E-state index < -0.39 is 0 Å². The number of carbonyl (C=O) groups excluding carboxylic acids is 1. The van der Waals surface area contributed by atoms with Gasteiger partial charge < -0.3 is 4.90 Å². The van der Waals surface area contributed by atoms with E-state index in [2.05, 4.69) is 9.97 Å². The summed E-state index contributed by atoms with van der Waals surface area (Å²) in [5, 5.41) is 0.778. The van der Waals surface area contributed by atoms with Crippen LogP contribution in [0.2, 0.25) is 0 Å². The van der Waals surface area contributed by atoms with Crippen molar-refractivity contribution in [3.63, 3.8) is 0 Å². The van der Waals surface area contributed by atoms with Crippen molar-refractivity contribution >= 4 is 23.4 Å². The van der Waals surface area contributed by atoms with Gasteiger partial charge in [-0.2, -0.15) is 0 Å². The SMILES string of the molecule is CSc1nc(C)c(CCC(=O)N(Cc2ccccc2)c2ccccc2)c(C)n1. The van der Waals surface area contributed by atoms with Gasteiger partial charge in [-0.1, -0.05) is 60.3 Å². The fraction of sp³-hybridized carbons (Fsp3) is 0.261. The number of hydrogen-bond acceptors (Lipinski definition) is 4. The van der Waals surface area contributed by atoms with E-state index in [1.807, 2.05) is 85.7 Å². The number of para-hydroxylation sites is 1. The lowest BCUT2D eigenvalue weighted by atomic mass is 10.1. The third-order valence-electron chi connectivity index (χ3n) is 4.72. The molecule has 3 rings (SSSR count). The molecule has 0 bridgehead atoms. The molecule has 144 valence electrons. The number of nitrogens with zero attached hydrogens (tertiary/aromatic N) is 3. The van der Waals surface area contributed by atoms with Gasteiger partial charge in [0.15, 0.2) is 5.16 Å². The van der Waals surface area contributed by atoms with E-state index >= 15 is 0 Å². The van der Waals surface area contributed by atoms with Crippen molar-refractivity contribution in [3.05, 3.63) is 83.2 Å². The van der Waals surface area contributed by atoms with E-state index in [0.29, 0.717) is 19.4 Å². The Hall–Kier alpha value is -2.66. The smallest absolute Gasteiger partial charge is 0.227 e. The van der Waals surface area contributed by atoms with Gasteiger partial charge in [0.1, 0.15) is 0 Å². The Morgan fingerprint density at radius 1 is 0.929 bits per heavy atom. The van der Waals surface area contributed by atoms with Gasteiger partial charge in [0.05, 0.1) is 6.54 Å². The zero-order valence-electron chi connectivity index (χ0n) is 16.6. The van der Waals surface area contributed by atoms with E-state index in [9.17, 15) is 4.79 Å². The Bertz CT molecular complexity index is 906. The number of thioether (sulfide) groups is 1. The first kappa shape index (κ1) is 20.1. The average Bonchev–Trinajstić information content (AvgIpc) is 2.72. The number of carbonyl (C=O) groups is 1. The van der Waals surface area contributed by atoms with Crippen LogP contribution >= 0.6 is 11.8 Å². The Morgan fingerprint density at radius 2 is 1.50 bits per heavy atom. The molecule has 0 fully saturated rings. The van der Waals surface area contributed by atoms with Crippen molar-refractivity contribution in [3.8, 4) is 0 Å². The molecular weight excluding hydrogens is 366 g/mol. The molecule has 0 unspecified atom stereocenters. The number of anilines is 1. The summed E-state index contributed by atoms with van der Waals surface area (Å²) in [6.45, 7) is 4.55. The van der Waals surface area contributed by atoms with Crippen LogP contribution < -0.4 is 4.90 Å². The first-order chi connectivity index (χ1) is 13.6. The summed E-state index contributed by atoms with van der Waals surface area (Å²) in [5.41, 5.74) is 5.01. The minimum atomic E-state index is 0.0998. The van der Waals surface area contributed by atoms with Gasteiger partial charge in [0.2, 0.25) is 5.91 Å². The molecule has 1 heterocycles. The molecule has 1 amide bonds. The second kappa shape index (κ2) is 9.51. The number of amides is 1. The lowest BCUT2D eigenvalue weighted by Gasteiger charge is -2.23. The molecule has 0 N–H and O–H groups in total. The van der Waals surface area contributed by atoms with E-state index in [1.54, 1.807) is 0 Å².